The smallest absolute Gasteiger partial charge is 0.260 e. The van der Waals surface area contributed by atoms with Gasteiger partial charge in [-0.1, -0.05) is 66.2 Å². The Bertz CT molecular complexity index is 2190. The summed E-state index contributed by atoms with van der Waals surface area (Å²) in [6.45, 7) is 3.78. The van der Waals surface area contributed by atoms with Crippen molar-refractivity contribution in [3.63, 3.8) is 0 Å². The number of aromatic hydroxyl groups is 1. The number of methoxy groups -OCH3 is 1. The Balaban J connectivity index is 1.32. The molecule has 2 heterocycles. The van der Waals surface area contributed by atoms with Crippen molar-refractivity contribution in [3.8, 4) is 11.5 Å². The van der Waals surface area contributed by atoms with Crippen molar-refractivity contribution in [1.82, 2.24) is 5.01 Å². The van der Waals surface area contributed by atoms with Crippen molar-refractivity contribution in [2.75, 3.05) is 17.4 Å². The van der Waals surface area contributed by atoms with Crippen LogP contribution in [0.25, 0.3) is 6.08 Å². The molecule has 4 aromatic carbocycles. The SMILES string of the molecule is C=Cc1ccc(N2C(=O)C3CC=C4C(CC5C(=O)N(Nc6ccc(F)cc6)C(=O)C5(c5ccc(Cl)cc5)C4c4ccc(O)c(OC)c4)C3C2=O)cc1. The van der Waals surface area contributed by atoms with Crippen LogP contribution in [-0.4, -0.2) is 40.9 Å². The van der Waals surface area contributed by atoms with Crippen LogP contribution in [0.4, 0.5) is 15.8 Å². The summed E-state index contributed by atoms with van der Waals surface area (Å²) in [4.78, 5) is 59.8. The number of rotatable bonds is 7. The molecule has 4 aromatic rings. The third-order valence-corrected chi connectivity index (χ3v) is 11.4. The van der Waals surface area contributed by atoms with Crippen molar-refractivity contribution in [2.24, 2.45) is 23.7 Å². The molecule has 2 saturated heterocycles. The number of allylic oxidation sites excluding steroid dienone is 2. The van der Waals surface area contributed by atoms with Crippen LogP contribution in [0.1, 0.15) is 35.4 Å². The highest BCUT2D eigenvalue weighted by Crippen LogP contribution is 2.64. The molecule has 0 spiro atoms. The van der Waals surface area contributed by atoms with Gasteiger partial charge in [-0.2, -0.15) is 5.01 Å². The van der Waals surface area contributed by atoms with E-state index >= 15 is 4.79 Å². The molecule has 0 bridgehead atoms. The topological polar surface area (TPSA) is 116 Å². The van der Waals surface area contributed by atoms with Gasteiger partial charge in [-0.25, -0.2) is 4.39 Å². The number of carbonyl (C=O) groups is 4. The number of halogens is 2. The average Bonchev–Trinajstić information content (AvgIpc) is 3.53. The summed E-state index contributed by atoms with van der Waals surface area (Å²) in [6, 6.07) is 23.9. The highest BCUT2D eigenvalue weighted by atomic mass is 35.5. The molecule has 1 saturated carbocycles. The Morgan fingerprint density at radius 2 is 1.63 bits per heavy atom. The first-order valence-corrected chi connectivity index (χ1v) is 17.3. The predicted molar refractivity (Wildman–Crippen MR) is 193 cm³/mol. The molecular formula is C41H33ClFN3O6. The molecule has 4 aliphatic rings. The third-order valence-electron chi connectivity index (χ3n) is 11.2. The molecular weight excluding hydrogens is 685 g/mol. The van der Waals surface area contributed by atoms with Gasteiger partial charge in [-0.3, -0.25) is 29.5 Å². The number of hydrogen-bond acceptors (Lipinski definition) is 7. The number of phenolic OH excluding ortho intramolecular Hbond substituents is 1. The lowest BCUT2D eigenvalue weighted by molar-refractivity contribution is -0.138. The number of hydrazine groups is 1. The molecule has 2 N–H and O–H groups in total. The van der Waals surface area contributed by atoms with E-state index in [0.29, 0.717) is 27.5 Å². The maximum absolute atomic E-state index is 15.2. The molecule has 262 valence electrons. The van der Waals surface area contributed by atoms with E-state index in [1.165, 1.54) is 42.3 Å². The molecule has 6 unspecified atom stereocenters. The van der Waals surface area contributed by atoms with Crippen LogP contribution in [0.5, 0.6) is 11.5 Å². The Hall–Kier alpha value is -5.74. The summed E-state index contributed by atoms with van der Waals surface area (Å²) in [5, 5.41) is 12.0. The highest BCUT2D eigenvalue weighted by Gasteiger charge is 2.70. The second kappa shape index (κ2) is 12.5. The van der Waals surface area contributed by atoms with E-state index in [2.05, 4.69) is 12.0 Å². The van der Waals surface area contributed by atoms with Crippen molar-refractivity contribution in [1.29, 1.82) is 0 Å². The summed E-state index contributed by atoms with van der Waals surface area (Å²) in [5.74, 6) is -6.10. The summed E-state index contributed by atoms with van der Waals surface area (Å²) in [6.07, 6.45) is 3.97. The lowest BCUT2D eigenvalue weighted by Gasteiger charge is -2.50. The number of amides is 4. The normalized spacial score (nSPS) is 26.4. The van der Waals surface area contributed by atoms with E-state index in [0.717, 1.165) is 16.1 Å². The Morgan fingerprint density at radius 3 is 2.31 bits per heavy atom. The molecule has 52 heavy (non-hydrogen) atoms. The molecule has 2 aliphatic carbocycles. The molecule has 8 rings (SSSR count). The lowest BCUT2D eigenvalue weighted by atomic mass is 9.49. The Morgan fingerprint density at radius 1 is 0.923 bits per heavy atom. The van der Waals surface area contributed by atoms with E-state index in [9.17, 15) is 23.9 Å². The van der Waals surface area contributed by atoms with Crippen LogP contribution in [0.3, 0.4) is 0 Å². The number of carbonyl (C=O) groups excluding carboxylic acids is 4. The summed E-state index contributed by atoms with van der Waals surface area (Å²) < 4.78 is 19.4. The zero-order valence-corrected chi connectivity index (χ0v) is 28.7. The van der Waals surface area contributed by atoms with Gasteiger partial charge in [0.25, 0.3) is 11.8 Å². The van der Waals surface area contributed by atoms with Gasteiger partial charge in [0.15, 0.2) is 11.5 Å². The summed E-state index contributed by atoms with van der Waals surface area (Å²) >= 11 is 6.36. The molecule has 0 radical (unpaired) electrons. The van der Waals surface area contributed by atoms with Crippen LogP contribution < -0.4 is 15.1 Å². The van der Waals surface area contributed by atoms with Gasteiger partial charge in [0.1, 0.15) is 5.82 Å². The van der Waals surface area contributed by atoms with E-state index in [1.807, 2.05) is 6.08 Å². The van der Waals surface area contributed by atoms with Crippen molar-refractivity contribution < 1.29 is 33.4 Å². The number of fused-ring (bicyclic) bond motifs is 4. The quantitative estimate of drug-likeness (QED) is 0.156. The second-order valence-corrected chi connectivity index (χ2v) is 14.0. The summed E-state index contributed by atoms with van der Waals surface area (Å²) in [7, 11) is 1.42. The van der Waals surface area contributed by atoms with E-state index in [4.69, 9.17) is 16.3 Å². The van der Waals surface area contributed by atoms with Gasteiger partial charge in [0.2, 0.25) is 11.8 Å². The fraction of sp³-hybridized carbons (Fsp3) is 0.220. The fourth-order valence-corrected chi connectivity index (χ4v) is 9.04. The zero-order chi connectivity index (χ0) is 36.5. The zero-order valence-electron chi connectivity index (χ0n) is 28.0. The number of phenols is 1. The Kier molecular flexibility index (Phi) is 8.02. The van der Waals surface area contributed by atoms with Crippen LogP contribution in [0, 0.1) is 29.5 Å². The number of anilines is 2. The average molecular weight is 718 g/mol. The van der Waals surface area contributed by atoms with E-state index in [1.54, 1.807) is 66.7 Å². The molecule has 0 aromatic heterocycles. The van der Waals surface area contributed by atoms with Crippen molar-refractivity contribution in [3.05, 3.63) is 137 Å². The standard InChI is InChI=1S/C41H33ClFN3O6/c1-3-22-4-15-28(16-5-22)45-37(48)30-18-17-29-31(35(30)39(45)50)21-32-38(49)46(44-27-13-11-26(43)12-14-27)40(51)41(32,24-7-9-25(42)10-8-24)36(29)23-6-19-33(47)34(20-23)52-2/h3-17,19-20,30-32,35-36,44,47H,1,18,21H2,2H3. The molecule has 4 amide bonds. The van der Waals surface area contributed by atoms with Crippen molar-refractivity contribution in [2.45, 2.75) is 24.2 Å². The maximum atomic E-state index is 15.2. The number of nitrogens with one attached hydrogen (secondary N) is 1. The minimum absolute atomic E-state index is 0.0930. The highest BCUT2D eigenvalue weighted by molar-refractivity contribution is 6.30. The predicted octanol–water partition coefficient (Wildman–Crippen LogP) is 7.03. The van der Waals surface area contributed by atoms with Crippen molar-refractivity contribution >= 4 is 52.7 Å². The van der Waals surface area contributed by atoms with Gasteiger partial charge in [-0.05, 0) is 96.1 Å². The first-order chi connectivity index (χ1) is 25.1. The summed E-state index contributed by atoms with van der Waals surface area (Å²) in [5.41, 5.74) is 4.83. The minimum Gasteiger partial charge on any atom is -0.504 e. The first-order valence-electron chi connectivity index (χ1n) is 16.9. The monoisotopic (exact) mass is 717 g/mol. The minimum atomic E-state index is -1.56. The van der Waals surface area contributed by atoms with E-state index < -0.39 is 52.6 Å². The number of nitrogens with zero attached hydrogens (tertiary/aromatic N) is 2. The second-order valence-electron chi connectivity index (χ2n) is 13.6. The van der Waals surface area contributed by atoms with Crippen LogP contribution in [-0.2, 0) is 24.6 Å². The van der Waals surface area contributed by atoms with Crippen LogP contribution >= 0.6 is 11.6 Å². The number of hydrogen-bond donors (Lipinski definition) is 2. The van der Waals surface area contributed by atoms with Gasteiger partial charge in [-0.15, -0.1) is 0 Å². The number of imide groups is 2. The van der Waals surface area contributed by atoms with Crippen LogP contribution in [0.2, 0.25) is 5.02 Å². The van der Waals surface area contributed by atoms with E-state index in [-0.39, 0.29) is 36.2 Å². The van der Waals surface area contributed by atoms with Gasteiger partial charge in [0, 0.05) is 10.9 Å². The molecule has 11 heteroatoms. The molecule has 2 aliphatic heterocycles. The van der Waals surface area contributed by atoms with Gasteiger partial charge in [0.05, 0.1) is 41.7 Å². The van der Waals surface area contributed by atoms with Gasteiger partial charge < -0.3 is 9.84 Å². The number of ether oxygens (including phenoxy) is 1. The van der Waals surface area contributed by atoms with Crippen LogP contribution in [0.15, 0.2) is 109 Å². The molecule has 6 atom stereocenters. The maximum Gasteiger partial charge on any atom is 0.260 e. The Labute approximate surface area is 303 Å². The number of benzene rings is 4. The fourth-order valence-electron chi connectivity index (χ4n) is 8.92. The third kappa shape index (κ3) is 4.88. The lowest BCUT2D eigenvalue weighted by Crippen LogP contribution is -2.53. The largest absolute Gasteiger partial charge is 0.504 e. The van der Waals surface area contributed by atoms with Gasteiger partial charge >= 0.3 is 0 Å². The first kappa shape index (κ1) is 33.4. The molecule has 9 nitrogen and oxygen atoms in total. The molecule has 3 fully saturated rings.